The summed E-state index contributed by atoms with van der Waals surface area (Å²) in [6, 6.07) is 7.97. The Bertz CT molecular complexity index is 1090. The standard InChI is InChI=1S/C25H28NO6/c1-16-5-7-17(8-6-16)9-10-20(27)22-18-11-12-26(2,14-21(28)29-3)13-19(18)23(30-4)25-24(22)31-15-32-25/h5-10H,11-15H2,1-4H3/q+1/b10-9+/t26-/m0/s1. The fourth-order valence-electron chi connectivity index (χ4n) is 4.40. The van der Waals surface area contributed by atoms with Crippen molar-refractivity contribution in [3.63, 3.8) is 0 Å². The highest BCUT2D eigenvalue weighted by atomic mass is 16.7. The molecule has 2 heterocycles. The predicted molar refractivity (Wildman–Crippen MR) is 119 cm³/mol. The fourth-order valence-corrected chi connectivity index (χ4v) is 4.40. The van der Waals surface area contributed by atoms with Crippen LogP contribution in [0.3, 0.4) is 0 Å². The molecular weight excluding hydrogens is 410 g/mol. The zero-order chi connectivity index (χ0) is 22.9. The van der Waals surface area contributed by atoms with Crippen LogP contribution < -0.4 is 14.2 Å². The largest absolute Gasteiger partial charge is 0.492 e. The molecule has 7 nitrogen and oxygen atoms in total. The average molecular weight is 439 g/mol. The third-order valence-electron chi connectivity index (χ3n) is 6.12. The summed E-state index contributed by atoms with van der Waals surface area (Å²) in [5.41, 5.74) is 4.39. The molecule has 0 N–H and O–H groups in total. The van der Waals surface area contributed by atoms with Crippen LogP contribution in [0.5, 0.6) is 17.2 Å². The van der Waals surface area contributed by atoms with E-state index in [-0.39, 0.29) is 25.1 Å². The minimum Gasteiger partial charge on any atom is -0.492 e. The molecule has 0 saturated carbocycles. The van der Waals surface area contributed by atoms with Crippen LogP contribution in [0.15, 0.2) is 30.3 Å². The van der Waals surface area contributed by atoms with Gasteiger partial charge in [-0.15, -0.1) is 0 Å². The summed E-state index contributed by atoms with van der Waals surface area (Å²) in [6.45, 7) is 3.50. The van der Waals surface area contributed by atoms with Crippen LogP contribution in [-0.4, -0.2) is 57.4 Å². The Hall–Kier alpha value is -3.32. The molecule has 2 aromatic carbocycles. The molecule has 0 radical (unpaired) electrons. The topological polar surface area (TPSA) is 71.1 Å². The lowest BCUT2D eigenvalue weighted by Gasteiger charge is -2.38. The Kier molecular flexibility index (Phi) is 5.93. The van der Waals surface area contributed by atoms with Gasteiger partial charge >= 0.3 is 5.97 Å². The van der Waals surface area contributed by atoms with E-state index in [2.05, 4.69) is 0 Å². The van der Waals surface area contributed by atoms with E-state index in [1.807, 2.05) is 38.2 Å². The lowest BCUT2D eigenvalue weighted by Crippen LogP contribution is -2.51. The second kappa shape index (κ2) is 8.67. The Labute approximate surface area is 187 Å². The Morgan fingerprint density at radius 2 is 1.81 bits per heavy atom. The minimum absolute atomic E-state index is 0.0326. The van der Waals surface area contributed by atoms with E-state index in [0.717, 1.165) is 22.3 Å². The van der Waals surface area contributed by atoms with Crippen LogP contribution in [0, 0.1) is 6.92 Å². The van der Waals surface area contributed by atoms with Crippen LogP contribution in [0.4, 0.5) is 0 Å². The Morgan fingerprint density at radius 3 is 2.50 bits per heavy atom. The zero-order valence-corrected chi connectivity index (χ0v) is 18.9. The molecule has 4 rings (SSSR count). The molecule has 0 fully saturated rings. The normalized spacial score (nSPS) is 19.0. The quantitative estimate of drug-likeness (QED) is 0.298. The van der Waals surface area contributed by atoms with Crippen molar-refractivity contribution in [3.05, 3.63) is 58.2 Å². The summed E-state index contributed by atoms with van der Waals surface area (Å²) < 4.78 is 22.5. The first kappa shape index (κ1) is 21.9. The van der Waals surface area contributed by atoms with Gasteiger partial charge in [-0.1, -0.05) is 35.9 Å². The summed E-state index contributed by atoms with van der Waals surface area (Å²) in [5.74, 6) is 1.04. The van der Waals surface area contributed by atoms with Crippen molar-refractivity contribution in [3.8, 4) is 17.2 Å². The molecule has 0 spiro atoms. The number of benzene rings is 2. The van der Waals surface area contributed by atoms with Crippen molar-refractivity contribution in [2.45, 2.75) is 19.9 Å². The summed E-state index contributed by atoms with van der Waals surface area (Å²) >= 11 is 0. The van der Waals surface area contributed by atoms with Crippen molar-refractivity contribution in [2.75, 3.05) is 41.1 Å². The molecule has 0 aromatic heterocycles. The van der Waals surface area contributed by atoms with E-state index in [9.17, 15) is 9.59 Å². The molecule has 0 aliphatic carbocycles. The van der Waals surface area contributed by atoms with Gasteiger partial charge in [0.2, 0.25) is 12.5 Å². The number of esters is 1. The van der Waals surface area contributed by atoms with E-state index < -0.39 is 0 Å². The second-order valence-electron chi connectivity index (χ2n) is 8.52. The predicted octanol–water partition coefficient (Wildman–Crippen LogP) is 3.30. The molecule has 0 amide bonds. The number of nitrogens with zero attached hydrogens (tertiary/aromatic N) is 1. The van der Waals surface area contributed by atoms with Gasteiger partial charge in [0.25, 0.3) is 0 Å². The second-order valence-corrected chi connectivity index (χ2v) is 8.52. The molecule has 0 bridgehead atoms. The molecule has 1 atom stereocenters. The first-order valence-corrected chi connectivity index (χ1v) is 10.6. The molecule has 2 aliphatic rings. The van der Waals surface area contributed by atoms with E-state index >= 15 is 0 Å². The molecule has 168 valence electrons. The van der Waals surface area contributed by atoms with E-state index in [1.165, 1.54) is 7.11 Å². The summed E-state index contributed by atoms with van der Waals surface area (Å²) in [5, 5.41) is 0. The number of carbonyl (C=O) groups is 2. The maximum Gasteiger partial charge on any atom is 0.361 e. The highest BCUT2D eigenvalue weighted by Gasteiger charge is 2.40. The van der Waals surface area contributed by atoms with Crippen molar-refractivity contribution < 1.29 is 33.0 Å². The first-order chi connectivity index (χ1) is 15.3. The van der Waals surface area contributed by atoms with E-state index in [1.54, 1.807) is 19.3 Å². The van der Waals surface area contributed by atoms with Gasteiger partial charge in [0, 0.05) is 6.42 Å². The summed E-state index contributed by atoms with van der Waals surface area (Å²) in [7, 11) is 4.97. The van der Waals surface area contributed by atoms with Gasteiger partial charge < -0.3 is 23.4 Å². The van der Waals surface area contributed by atoms with Gasteiger partial charge in [-0.2, -0.15) is 0 Å². The van der Waals surface area contributed by atoms with Gasteiger partial charge in [0.05, 0.1) is 38.9 Å². The minimum atomic E-state index is -0.270. The number of allylic oxidation sites excluding steroid dienone is 1. The molecule has 32 heavy (non-hydrogen) atoms. The fraction of sp³-hybridized carbons (Fsp3) is 0.360. The summed E-state index contributed by atoms with van der Waals surface area (Å²) in [6.07, 6.45) is 3.99. The SMILES string of the molecule is COC(=O)C[N@@+]1(C)CCc2c(c(OC)c3c(c2C(=O)/C=C/c2ccc(C)cc2)OCO3)C1. The lowest BCUT2D eigenvalue weighted by atomic mass is 9.88. The number of quaternary nitrogens is 1. The maximum absolute atomic E-state index is 13.4. The highest BCUT2D eigenvalue weighted by Crippen LogP contribution is 2.50. The van der Waals surface area contributed by atoms with Gasteiger partial charge in [-0.3, -0.25) is 4.79 Å². The molecule has 2 aromatic rings. The number of methoxy groups -OCH3 is 2. The number of ether oxygens (including phenoxy) is 4. The van der Waals surface area contributed by atoms with Crippen LogP contribution in [-0.2, 0) is 22.5 Å². The van der Waals surface area contributed by atoms with Crippen molar-refractivity contribution in [2.24, 2.45) is 0 Å². The smallest absolute Gasteiger partial charge is 0.361 e. The van der Waals surface area contributed by atoms with Crippen molar-refractivity contribution in [1.29, 1.82) is 0 Å². The molecule has 0 saturated heterocycles. The first-order valence-electron chi connectivity index (χ1n) is 10.6. The summed E-state index contributed by atoms with van der Waals surface area (Å²) in [4.78, 5) is 25.3. The van der Waals surface area contributed by atoms with Gasteiger partial charge in [-0.05, 0) is 24.1 Å². The van der Waals surface area contributed by atoms with Crippen LogP contribution >= 0.6 is 0 Å². The van der Waals surface area contributed by atoms with Crippen molar-refractivity contribution in [1.82, 2.24) is 0 Å². The number of aryl methyl sites for hydroxylation is 1. The van der Waals surface area contributed by atoms with Crippen LogP contribution in [0.1, 0.15) is 32.6 Å². The molecule has 7 heteroatoms. The molecule has 0 unspecified atom stereocenters. The zero-order valence-electron chi connectivity index (χ0n) is 18.9. The van der Waals surface area contributed by atoms with Gasteiger partial charge in [0.15, 0.2) is 23.8 Å². The highest BCUT2D eigenvalue weighted by molar-refractivity contribution is 6.11. The van der Waals surface area contributed by atoms with Gasteiger partial charge in [0.1, 0.15) is 6.54 Å². The number of hydrogen-bond acceptors (Lipinski definition) is 6. The van der Waals surface area contributed by atoms with E-state index in [0.29, 0.717) is 46.8 Å². The number of ketones is 1. The monoisotopic (exact) mass is 438 g/mol. The number of likely N-dealkylation sites (N-methyl/N-ethyl adjacent to an activating group) is 1. The Morgan fingerprint density at radius 1 is 1.09 bits per heavy atom. The number of rotatable bonds is 6. The van der Waals surface area contributed by atoms with Gasteiger partial charge in [-0.25, -0.2) is 4.79 Å². The molecule has 2 aliphatic heterocycles. The van der Waals surface area contributed by atoms with E-state index in [4.69, 9.17) is 18.9 Å². The molecular formula is C25H28NO6+. The average Bonchev–Trinajstić information content (AvgIpc) is 3.25. The number of carbonyl (C=O) groups excluding carboxylic acids is 2. The Balaban J connectivity index is 1.76. The third kappa shape index (κ3) is 4.08. The maximum atomic E-state index is 13.4. The van der Waals surface area contributed by atoms with Crippen LogP contribution in [0.25, 0.3) is 6.08 Å². The third-order valence-corrected chi connectivity index (χ3v) is 6.12. The van der Waals surface area contributed by atoms with Crippen molar-refractivity contribution >= 4 is 17.8 Å². The van der Waals surface area contributed by atoms with Crippen LogP contribution in [0.2, 0.25) is 0 Å². The number of hydrogen-bond donors (Lipinski definition) is 0. The lowest BCUT2D eigenvalue weighted by molar-refractivity contribution is -0.917. The number of fused-ring (bicyclic) bond motifs is 2.